The van der Waals surface area contributed by atoms with Gasteiger partial charge in [-0.25, -0.2) is 0 Å². The highest BCUT2D eigenvalue weighted by molar-refractivity contribution is 6.66. The lowest BCUT2D eigenvalue weighted by Gasteiger charge is -2.32. The third-order valence-electron chi connectivity index (χ3n) is 15.5. The Morgan fingerprint density at radius 2 is 0.825 bits per heavy atom. The van der Waals surface area contributed by atoms with Crippen molar-refractivity contribution < 1.29 is 32.2 Å². The van der Waals surface area contributed by atoms with Gasteiger partial charge in [0.15, 0.2) is 0 Å². The molecule has 4 heterocycles. The molecule has 2 aliphatic carbocycles. The Balaban J connectivity index is 0.000000147. The number of furan rings is 2. The second-order valence-corrected chi connectivity index (χ2v) is 21.0. The van der Waals surface area contributed by atoms with Crippen LogP contribution in [0.5, 0.6) is 0 Å². The molecule has 2 fully saturated rings. The van der Waals surface area contributed by atoms with Crippen molar-refractivity contribution in [1.82, 2.24) is 0 Å². The van der Waals surface area contributed by atoms with E-state index in [9.17, 15) is 0 Å². The van der Waals surface area contributed by atoms with Gasteiger partial charge in [0.1, 0.15) is 22.3 Å². The van der Waals surface area contributed by atoms with Crippen LogP contribution in [0.15, 0.2) is 118 Å². The predicted molar refractivity (Wildman–Crippen MR) is 257 cm³/mol. The average Bonchev–Trinajstić information content (AvgIpc) is 3.99. The molecule has 320 valence electrons. The fourth-order valence-corrected chi connectivity index (χ4v) is 10.3. The van der Waals surface area contributed by atoms with Gasteiger partial charge >= 0.3 is 14.2 Å². The highest BCUT2D eigenvalue weighted by atomic mass is 19.0. The highest BCUT2D eigenvalue weighted by Gasteiger charge is 2.53. The van der Waals surface area contributed by atoms with Crippen molar-refractivity contribution in [3.63, 3.8) is 0 Å². The Morgan fingerprint density at radius 3 is 1.38 bits per heavy atom. The highest BCUT2D eigenvalue weighted by Crippen LogP contribution is 2.52. The summed E-state index contributed by atoms with van der Waals surface area (Å²) in [5, 5.41) is 4.44. The lowest BCUT2D eigenvalue weighted by molar-refractivity contribution is 0.00578. The molecule has 0 bridgehead atoms. The Hall–Kier alpha value is -5.18. The maximum atomic E-state index is 6.39. The topological polar surface area (TPSA) is 63.2 Å². The summed E-state index contributed by atoms with van der Waals surface area (Å²) >= 11 is 0. The summed E-state index contributed by atoms with van der Waals surface area (Å²) in [5.41, 5.74) is 14.7. The Labute approximate surface area is 369 Å². The van der Waals surface area contributed by atoms with Gasteiger partial charge < -0.3 is 27.5 Å². The van der Waals surface area contributed by atoms with Crippen LogP contribution in [-0.4, -0.2) is 36.6 Å². The van der Waals surface area contributed by atoms with E-state index in [0.29, 0.717) is 0 Å². The standard InChI is InChI=1S/2C27H27BO3.FH/c1-25(2)19-11-8-7-10-16(19)17-14-18-23(15-20(17)25)29-22-13-9-12-21(24(18)22)28-30-26(3,4)27(5,6)31-28;1-25(2)21-10-8-7-9-17(21)18-14-20-19-13-16(28-30-26(3,4)27(5,6)31-28)11-12-23(19)29-24(20)15-22(18)25;/h2*7-15H,1-6H3;1H. The van der Waals surface area contributed by atoms with Gasteiger partial charge in [-0.3, -0.25) is 4.70 Å². The van der Waals surface area contributed by atoms with E-state index in [1.54, 1.807) is 0 Å². The predicted octanol–water partition coefficient (Wildman–Crippen LogP) is 12.5. The summed E-state index contributed by atoms with van der Waals surface area (Å²) in [4.78, 5) is 0. The number of hydrogen-bond acceptors (Lipinski definition) is 6. The first-order chi connectivity index (χ1) is 29.2. The normalized spacial score (nSPS) is 20.1. The lowest BCUT2D eigenvalue weighted by Crippen LogP contribution is -2.41. The maximum absolute atomic E-state index is 6.39. The SMILES string of the molecule is CC1(C)c2ccccc2-c2cc3c(cc21)oc1ccc(B2OC(C)(C)C(C)(C)O2)cc13.CC1(C)c2ccccc2-c2cc3c(cc21)oc1cccc(B2OC(C)(C)C(C)(C)O2)c13.F. The fraction of sp³-hybridized carbons (Fsp3) is 0.333. The molecule has 0 radical (unpaired) electrons. The van der Waals surface area contributed by atoms with Crippen LogP contribution in [0.25, 0.3) is 66.1 Å². The van der Waals surface area contributed by atoms with Crippen LogP contribution in [0.2, 0.25) is 0 Å². The van der Waals surface area contributed by atoms with Gasteiger partial charge in [-0.05, 0) is 147 Å². The molecule has 2 aromatic heterocycles. The Kier molecular flexibility index (Phi) is 8.91. The fourth-order valence-electron chi connectivity index (χ4n) is 10.3. The molecule has 0 N–H and O–H groups in total. The zero-order chi connectivity index (χ0) is 43.5. The minimum absolute atomic E-state index is 0. The molecule has 6 aromatic carbocycles. The van der Waals surface area contributed by atoms with Gasteiger partial charge in [-0.2, -0.15) is 0 Å². The van der Waals surface area contributed by atoms with Crippen molar-refractivity contribution in [1.29, 1.82) is 0 Å². The molecular weight excluding hydrogens is 785 g/mol. The van der Waals surface area contributed by atoms with Crippen LogP contribution in [0, 0.1) is 0 Å². The van der Waals surface area contributed by atoms with Crippen molar-refractivity contribution >= 4 is 69.0 Å². The second-order valence-electron chi connectivity index (χ2n) is 21.0. The van der Waals surface area contributed by atoms with E-state index in [1.807, 2.05) is 18.2 Å². The van der Waals surface area contributed by atoms with E-state index in [4.69, 9.17) is 27.5 Å². The molecule has 0 atom stereocenters. The van der Waals surface area contributed by atoms with Crippen molar-refractivity contribution in [2.24, 2.45) is 0 Å². The van der Waals surface area contributed by atoms with Crippen molar-refractivity contribution in [2.75, 3.05) is 0 Å². The summed E-state index contributed by atoms with van der Waals surface area (Å²) in [6.07, 6.45) is 0. The van der Waals surface area contributed by atoms with Gasteiger partial charge in [0, 0.05) is 32.4 Å². The molecular formula is C54H55B2FO6. The second kappa shape index (κ2) is 13.4. The monoisotopic (exact) mass is 840 g/mol. The summed E-state index contributed by atoms with van der Waals surface area (Å²) in [7, 11) is -0.806. The van der Waals surface area contributed by atoms with E-state index < -0.39 is 7.12 Å². The molecule has 63 heavy (non-hydrogen) atoms. The van der Waals surface area contributed by atoms with Crippen molar-refractivity contribution in [2.45, 2.75) is 116 Å². The Morgan fingerprint density at radius 1 is 0.365 bits per heavy atom. The van der Waals surface area contributed by atoms with E-state index in [2.05, 4.69) is 174 Å². The molecule has 8 aromatic rings. The van der Waals surface area contributed by atoms with Crippen LogP contribution in [0.1, 0.15) is 105 Å². The molecule has 6 nitrogen and oxygen atoms in total. The van der Waals surface area contributed by atoms with E-state index in [1.165, 1.54) is 44.5 Å². The molecule has 0 amide bonds. The molecule has 0 unspecified atom stereocenters. The smallest absolute Gasteiger partial charge is 0.456 e. The van der Waals surface area contributed by atoms with E-state index in [-0.39, 0.29) is 45.1 Å². The minimum Gasteiger partial charge on any atom is -0.456 e. The third-order valence-corrected chi connectivity index (χ3v) is 15.5. The summed E-state index contributed by atoms with van der Waals surface area (Å²) in [6.45, 7) is 25.9. The van der Waals surface area contributed by atoms with Crippen LogP contribution in [0.3, 0.4) is 0 Å². The van der Waals surface area contributed by atoms with E-state index >= 15 is 0 Å². The quantitative estimate of drug-likeness (QED) is 0.162. The van der Waals surface area contributed by atoms with Crippen LogP contribution < -0.4 is 10.9 Å². The first kappa shape index (κ1) is 41.8. The third kappa shape index (κ3) is 5.92. The number of hydrogen-bond donors (Lipinski definition) is 0. The molecule has 4 aliphatic rings. The van der Waals surface area contributed by atoms with Gasteiger partial charge in [-0.1, -0.05) is 100 Å². The number of halogens is 1. The first-order valence-electron chi connectivity index (χ1n) is 22.1. The zero-order valence-electron chi connectivity index (χ0n) is 38.4. The zero-order valence-corrected chi connectivity index (χ0v) is 38.4. The summed E-state index contributed by atoms with van der Waals surface area (Å²) in [6, 6.07) is 38.9. The van der Waals surface area contributed by atoms with E-state index in [0.717, 1.165) is 54.8 Å². The molecule has 2 saturated heterocycles. The lowest BCUT2D eigenvalue weighted by atomic mass is 9.76. The van der Waals surface area contributed by atoms with Crippen LogP contribution in [0.4, 0.5) is 4.70 Å². The average molecular weight is 841 g/mol. The molecule has 12 rings (SSSR count). The summed E-state index contributed by atoms with van der Waals surface area (Å²) in [5.74, 6) is 0. The number of benzene rings is 6. The van der Waals surface area contributed by atoms with Crippen molar-refractivity contribution in [3.05, 3.63) is 131 Å². The van der Waals surface area contributed by atoms with Gasteiger partial charge in [-0.15, -0.1) is 0 Å². The Bertz CT molecular complexity index is 3150. The van der Waals surface area contributed by atoms with Crippen LogP contribution in [-0.2, 0) is 29.4 Å². The largest absolute Gasteiger partial charge is 0.495 e. The van der Waals surface area contributed by atoms with Crippen molar-refractivity contribution in [3.8, 4) is 22.3 Å². The van der Waals surface area contributed by atoms with Gasteiger partial charge in [0.2, 0.25) is 0 Å². The van der Waals surface area contributed by atoms with Gasteiger partial charge in [0.05, 0.1) is 22.4 Å². The summed E-state index contributed by atoms with van der Waals surface area (Å²) < 4.78 is 38.0. The maximum Gasteiger partial charge on any atom is 0.495 e. The first-order valence-corrected chi connectivity index (χ1v) is 22.1. The molecule has 0 saturated carbocycles. The number of rotatable bonds is 2. The minimum atomic E-state index is -0.425. The molecule has 0 spiro atoms. The van der Waals surface area contributed by atoms with Gasteiger partial charge in [0.25, 0.3) is 0 Å². The number of fused-ring (bicyclic) bond motifs is 12. The molecule has 2 aliphatic heterocycles. The van der Waals surface area contributed by atoms with Crippen LogP contribution >= 0.6 is 0 Å². The molecule has 9 heteroatoms.